The van der Waals surface area contributed by atoms with E-state index in [1.165, 1.54) is 5.06 Å². The van der Waals surface area contributed by atoms with Crippen molar-refractivity contribution in [2.45, 2.75) is 64.2 Å². The highest BCUT2D eigenvalue weighted by molar-refractivity contribution is 4.95. The minimum absolute atomic E-state index is 0.315. The van der Waals surface area contributed by atoms with Crippen LogP contribution < -0.4 is 0 Å². The first-order valence-electron chi connectivity index (χ1n) is 4.92. The molecule has 0 bridgehead atoms. The van der Waals surface area contributed by atoms with Crippen LogP contribution >= 0.6 is 0 Å². The Hall–Kier alpha value is -0.150. The van der Waals surface area contributed by atoms with Crippen LogP contribution in [0, 0.1) is 0 Å². The highest BCUT2D eigenvalue weighted by Crippen LogP contribution is 2.36. The quantitative estimate of drug-likeness (QED) is 0.633. The number of nitrogens with zero attached hydrogens (tertiary/aromatic N) is 1. The van der Waals surface area contributed by atoms with Gasteiger partial charge in [0.25, 0.3) is 0 Å². The Morgan fingerprint density at radius 2 is 1.85 bits per heavy atom. The zero-order valence-corrected chi connectivity index (χ0v) is 8.97. The lowest BCUT2D eigenvalue weighted by atomic mass is 9.94. The summed E-state index contributed by atoms with van der Waals surface area (Å²) in [6, 6.07) is 0. The Balaban J connectivity index is 2.92. The maximum Gasteiger partial charge on any atom is 0.120 e. The molecule has 0 aromatic heterocycles. The maximum absolute atomic E-state index is 13.6. The van der Waals surface area contributed by atoms with Crippen LogP contribution in [0.15, 0.2) is 0 Å². The molecule has 1 N–H and O–H groups in total. The molecule has 0 saturated carbocycles. The molecule has 0 radical (unpaired) electrons. The minimum Gasteiger partial charge on any atom is -0.313 e. The van der Waals surface area contributed by atoms with Crippen molar-refractivity contribution in [1.82, 2.24) is 5.06 Å². The lowest BCUT2D eigenvalue weighted by Gasteiger charge is -2.43. The first-order chi connectivity index (χ1) is 5.78. The van der Waals surface area contributed by atoms with Crippen molar-refractivity contribution in [1.29, 1.82) is 0 Å². The van der Waals surface area contributed by atoms with E-state index in [0.717, 1.165) is 12.8 Å². The average Bonchev–Trinajstić information content (AvgIpc) is 2.06. The summed E-state index contributed by atoms with van der Waals surface area (Å²) in [6.45, 7) is 7.41. The van der Waals surface area contributed by atoms with E-state index in [2.05, 4.69) is 0 Å². The van der Waals surface area contributed by atoms with Crippen LogP contribution in [0.2, 0.25) is 0 Å². The van der Waals surface area contributed by atoms with Crippen LogP contribution in [0.25, 0.3) is 0 Å². The normalized spacial score (nSPS) is 34.2. The van der Waals surface area contributed by atoms with Gasteiger partial charge in [0.05, 0.1) is 5.54 Å². The molecule has 0 aromatic carbocycles. The predicted octanol–water partition coefficient (Wildman–Crippen LogP) is 2.76. The van der Waals surface area contributed by atoms with E-state index < -0.39 is 11.7 Å². The SMILES string of the molecule is CC1(C)CCCC(F)C(C)(C)N1O. The minimum atomic E-state index is -0.945. The van der Waals surface area contributed by atoms with E-state index in [0.29, 0.717) is 6.42 Å². The third-order valence-corrected chi connectivity index (χ3v) is 3.13. The fourth-order valence-electron chi connectivity index (χ4n) is 2.09. The second-order valence-corrected chi connectivity index (χ2v) is 5.14. The summed E-state index contributed by atoms with van der Waals surface area (Å²) in [5.41, 5.74) is -1.08. The molecule has 1 fully saturated rings. The van der Waals surface area contributed by atoms with Gasteiger partial charge in [-0.3, -0.25) is 0 Å². The lowest BCUT2D eigenvalue weighted by Crippen LogP contribution is -2.56. The van der Waals surface area contributed by atoms with Crippen molar-refractivity contribution in [3.63, 3.8) is 0 Å². The van der Waals surface area contributed by atoms with Gasteiger partial charge < -0.3 is 5.21 Å². The van der Waals surface area contributed by atoms with Gasteiger partial charge >= 0.3 is 0 Å². The molecule has 0 aromatic rings. The second kappa shape index (κ2) is 3.21. The van der Waals surface area contributed by atoms with Gasteiger partial charge in [-0.2, -0.15) is 5.06 Å². The molecule has 1 rings (SSSR count). The van der Waals surface area contributed by atoms with Gasteiger partial charge in [0.15, 0.2) is 0 Å². The fourth-order valence-corrected chi connectivity index (χ4v) is 2.09. The number of hydrogen-bond acceptors (Lipinski definition) is 2. The first kappa shape index (κ1) is 10.9. The van der Waals surface area contributed by atoms with E-state index in [9.17, 15) is 9.60 Å². The molecule has 1 unspecified atom stereocenters. The van der Waals surface area contributed by atoms with Gasteiger partial charge in [0.1, 0.15) is 6.17 Å². The molecule has 1 heterocycles. The van der Waals surface area contributed by atoms with Gasteiger partial charge in [-0.05, 0) is 47.0 Å². The molecule has 0 spiro atoms. The summed E-state index contributed by atoms with van der Waals surface area (Å²) in [5, 5.41) is 11.1. The smallest absolute Gasteiger partial charge is 0.120 e. The highest BCUT2D eigenvalue weighted by atomic mass is 19.1. The Bertz CT molecular complexity index is 191. The summed E-state index contributed by atoms with van der Waals surface area (Å²) < 4.78 is 13.6. The zero-order valence-electron chi connectivity index (χ0n) is 8.97. The van der Waals surface area contributed by atoms with E-state index in [1.807, 2.05) is 13.8 Å². The van der Waals surface area contributed by atoms with Gasteiger partial charge in [0, 0.05) is 5.54 Å². The molecule has 1 saturated heterocycles. The maximum atomic E-state index is 13.6. The molecule has 1 aliphatic rings. The molecular formula is C10H20FNO. The molecule has 1 aliphatic heterocycles. The van der Waals surface area contributed by atoms with Crippen LogP contribution in [0.3, 0.4) is 0 Å². The monoisotopic (exact) mass is 189 g/mol. The predicted molar refractivity (Wildman–Crippen MR) is 50.5 cm³/mol. The number of hydrogen-bond donors (Lipinski definition) is 1. The highest BCUT2D eigenvalue weighted by Gasteiger charge is 2.44. The standard InChI is InChI=1S/C10H20FNO/c1-9(2)7-5-6-8(11)10(3,4)12(9)13/h8,13H,5-7H2,1-4H3. The molecular weight excluding hydrogens is 169 g/mol. The van der Waals surface area contributed by atoms with Gasteiger partial charge in [-0.15, -0.1) is 0 Å². The number of halogens is 1. The molecule has 13 heavy (non-hydrogen) atoms. The number of rotatable bonds is 0. The Morgan fingerprint density at radius 3 is 2.38 bits per heavy atom. The summed E-state index contributed by atoms with van der Waals surface area (Å²) in [5.74, 6) is 0. The van der Waals surface area contributed by atoms with Crippen molar-refractivity contribution in [3.8, 4) is 0 Å². The molecule has 3 heteroatoms. The Morgan fingerprint density at radius 1 is 1.31 bits per heavy atom. The van der Waals surface area contributed by atoms with Crippen LogP contribution in [-0.4, -0.2) is 27.5 Å². The zero-order chi connectivity index (χ0) is 10.3. The van der Waals surface area contributed by atoms with Gasteiger partial charge in [-0.1, -0.05) is 0 Å². The van der Waals surface area contributed by atoms with Crippen LogP contribution in [0.4, 0.5) is 4.39 Å². The summed E-state index contributed by atoms with van der Waals surface area (Å²) in [4.78, 5) is 0. The van der Waals surface area contributed by atoms with E-state index in [4.69, 9.17) is 0 Å². The lowest BCUT2D eigenvalue weighted by molar-refractivity contribution is -0.233. The summed E-state index contributed by atoms with van der Waals surface area (Å²) in [7, 11) is 0. The summed E-state index contributed by atoms with van der Waals surface area (Å²) >= 11 is 0. The topological polar surface area (TPSA) is 23.5 Å². The third-order valence-electron chi connectivity index (χ3n) is 3.13. The van der Waals surface area contributed by atoms with Crippen molar-refractivity contribution < 1.29 is 9.60 Å². The van der Waals surface area contributed by atoms with Crippen LogP contribution in [0.1, 0.15) is 47.0 Å². The second-order valence-electron chi connectivity index (χ2n) is 5.14. The third kappa shape index (κ3) is 1.86. The van der Waals surface area contributed by atoms with Crippen LogP contribution in [-0.2, 0) is 0 Å². The fraction of sp³-hybridized carbons (Fsp3) is 1.00. The summed E-state index contributed by atoms with van der Waals surface area (Å²) in [6.07, 6.45) is 1.29. The average molecular weight is 189 g/mol. The van der Waals surface area contributed by atoms with Crippen molar-refractivity contribution in [2.75, 3.05) is 0 Å². The van der Waals surface area contributed by atoms with E-state index >= 15 is 0 Å². The number of alkyl halides is 1. The number of hydroxylamine groups is 2. The van der Waals surface area contributed by atoms with Crippen molar-refractivity contribution >= 4 is 0 Å². The Kier molecular flexibility index (Phi) is 2.70. The van der Waals surface area contributed by atoms with E-state index in [-0.39, 0.29) is 5.54 Å². The largest absolute Gasteiger partial charge is 0.313 e. The van der Waals surface area contributed by atoms with E-state index in [1.54, 1.807) is 13.8 Å². The molecule has 1 atom stereocenters. The van der Waals surface area contributed by atoms with Crippen molar-refractivity contribution in [3.05, 3.63) is 0 Å². The van der Waals surface area contributed by atoms with Gasteiger partial charge in [-0.25, -0.2) is 4.39 Å². The molecule has 2 nitrogen and oxygen atoms in total. The molecule has 78 valence electrons. The molecule has 0 amide bonds. The Labute approximate surface area is 79.7 Å². The molecule has 0 aliphatic carbocycles. The van der Waals surface area contributed by atoms with Crippen LogP contribution in [0.5, 0.6) is 0 Å². The van der Waals surface area contributed by atoms with Crippen molar-refractivity contribution in [2.24, 2.45) is 0 Å². The first-order valence-corrected chi connectivity index (χ1v) is 4.92. The van der Waals surface area contributed by atoms with Gasteiger partial charge in [0.2, 0.25) is 0 Å².